The van der Waals surface area contributed by atoms with E-state index in [9.17, 15) is 18.0 Å². The normalized spacial score (nSPS) is 11.8. The number of anilines is 1. The van der Waals surface area contributed by atoms with Gasteiger partial charge in [-0.05, 0) is 66.6 Å². The van der Waals surface area contributed by atoms with Crippen LogP contribution in [0.2, 0.25) is 10.0 Å². The van der Waals surface area contributed by atoms with Crippen LogP contribution in [0.4, 0.5) is 5.69 Å². The number of likely N-dealkylation sites (N-methyl/N-ethyl adjacent to an activating group) is 1. The summed E-state index contributed by atoms with van der Waals surface area (Å²) in [5.41, 5.74) is 1.73. The van der Waals surface area contributed by atoms with Gasteiger partial charge in [0, 0.05) is 30.1 Å². The average molecular weight is 655 g/mol. The van der Waals surface area contributed by atoms with Gasteiger partial charge in [-0.1, -0.05) is 77.8 Å². The summed E-state index contributed by atoms with van der Waals surface area (Å²) in [5, 5.41) is 3.55. The molecule has 4 aromatic rings. The summed E-state index contributed by atoms with van der Waals surface area (Å²) in [4.78, 5) is 29.1. The van der Waals surface area contributed by atoms with Crippen LogP contribution in [0, 0.1) is 0 Å². The minimum atomic E-state index is -4.30. The molecular formula is C33H33Cl2N3O5S. The largest absolute Gasteiger partial charge is 0.492 e. The predicted octanol–water partition coefficient (Wildman–Crippen LogP) is 5.97. The second-order valence-electron chi connectivity index (χ2n) is 9.83. The molecule has 1 atom stereocenters. The zero-order chi connectivity index (χ0) is 31.7. The lowest BCUT2D eigenvalue weighted by atomic mass is 10.0. The Morgan fingerprint density at radius 3 is 2.02 bits per heavy atom. The fourth-order valence-corrected chi connectivity index (χ4v) is 6.37. The molecule has 0 fully saturated rings. The molecule has 0 aliphatic rings. The maximum Gasteiger partial charge on any atom is 0.264 e. The van der Waals surface area contributed by atoms with Crippen molar-refractivity contribution in [2.45, 2.75) is 30.8 Å². The first-order valence-electron chi connectivity index (χ1n) is 13.9. The molecule has 11 heteroatoms. The molecule has 2 amide bonds. The van der Waals surface area contributed by atoms with E-state index in [2.05, 4.69) is 5.32 Å². The number of hydrogen-bond donors (Lipinski definition) is 1. The van der Waals surface area contributed by atoms with Gasteiger partial charge in [0.2, 0.25) is 11.8 Å². The highest BCUT2D eigenvalue weighted by molar-refractivity contribution is 7.92. The Kier molecular flexibility index (Phi) is 11.3. The summed E-state index contributed by atoms with van der Waals surface area (Å²) in [7, 11) is -2.80. The van der Waals surface area contributed by atoms with Crippen molar-refractivity contribution in [1.82, 2.24) is 10.2 Å². The minimum Gasteiger partial charge on any atom is -0.492 e. The minimum absolute atomic E-state index is 0.0306. The van der Waals surface area contributed by atoms with Gasteiger partial charge in [-0.2, -0.15) is 0 Å². The Bertz CT molecular complexity index is 1670. The van der Waals surface area contributed by atoms with Crippen molar-refractivity contribution in [1.29, 1.82) is 0 Å². The number of carbonyl (C=O) groups is 2. The number of halogens is 2. The van der Waals surface area contributed by atoms with Crippen LogP contribution in [-0.4, -0.2) is 51.4 Å². The van der Waals surface area contributed by atoms with E-state index in [4.69, 9.17) is 27.9 Å². The quantitative estimate of drug-likeness (QED) is 0.192. The number of ether oxygens (including phenoxy) is 1. The average Bonchev–Trinajstić information content (AvgIpc) is 3.03. The highest BCUT2D eigenvalue weighted by atomic mass is 35.5. The number of hydrogen-bond acceptors (Lipinski definition) is 5. The predicted molar refractivity (Wildman–Crippen MR) is 174 cm³/mol. The number of amides is 2. The van der Waals surface area contributed by atoms with E-state index in [0.717, 1.165) is 9.87 Å². The number of sulfonamides is 1. The third-order valence-corrected chi connectivity index (χ3v) is 9.18. The molecule has 4 aromatic carbocycles. The number of carbonyl (C=O) groups excluding carboxylic acids is 2. The van der Waals surface area contributed by atoms with E-state index in [1.165, 1.54) is 36.2 Å². The van der Waals surface area contributed by atoms with E-state index in [1.807, 2.05) is 30.3 Å². The van der Waals surface area contributed by atoms with Crippen LogP contribution in [0.1, 0.15) is 18.1 Å². The molecule has 0 aliphatic heterocycles. The maximum atomic E-state index is 14.4. The first kappa shape index (κ1) is 32.9. The van der Waals surface area contributed by atoms with Gasteiger partial charge >= 0.3 is 0 Å². The number of nitrogens with zero attached hydrogens (tertiary/aromatic N) is 2. The molecule has 0 spiro atoms. The molecule has 230 valence electrons. The molecule has 0 aromatic heterocycles. The van der Waals surface area contributed by atoms with Crippen molar-refractivity contribution in [2.24, 2.45) is 0 Å². The second-order valence-corrected chi connectivity index (χ2v) is 12.6. The van der Waals surface area contributed by atoms with Crippen LogP contribution < -0.4 is 14.4 Å². The number of benzene rings is 4. The Hall–Kier alpha value is -4.05. The number of para-hydroxylation sites is 2. The van der Waals surface area contributed by atoms with Crippen LogP contribution in [0.25, 0.3) is 0 Å². The lowest BCUT2D eigenvalue weighted by Crippen LogP contribution is -2.53. The van der Waals surface area contributed by atoms with E-state index >= 15 is 0 Å². The second kappa shape index (κ2) is 15.1. The molecule has 0 saturated heterocycles. The van der Waals surface area contributed by atoms with Gasteiger partial charge in [-0.25, -0.2) is 8.42 Å². The molecule has 0 aliphatic carbocycles. The van der Waals surface area contributed by atoms with Gasteiger partial charge < -0.3 is 15.0 Å². The van der Waals surface area contributed by atoms with Gasteiger partial charge in [0.15, 0.2) is 0 Å². The Morgan fingerprint density at radius 1 is 0.818 bits per heavy atom. The summed E-state index contributed by atoms with van der Waals surface area (Å²) < 4.78 is 35.1. The van der Waals surface area contributed by atoms with Gasteiger partial charge in [-0.15, -0.1) is 0 Å². The highest BCUT2D eigenvalue weighted by Gasteiger charge is 2.35. The van der Waals surface area contributed by atoms with E-state index in [-0.39, 0.29) is 35.9 Å². The van der Waals surface area contributed by atoms with Gasteiger partial charge in [-0.3, -0.25) is 13.9 Å². The first-order valence-corrected chi connectivity index (χ1v) is 16.1. The molecule has 4 rings (SSSR count). The topological polar surface area (TPSA) is 96.0 Å². The molecule has 0 radical (unpaired) electrons. The zero-order valence-electron chi connectivity index (χ0n) is 24.3. The van der Waals surface area contributed by atoms with E-state index in [0.29, 0.717) is 15.6 Å². The monoisotopic (exact) mass is 653 g/mol. The lowest BCUT2D eigenvalue weighted by molar-refractivity contribution is -0.139. The summed E-state index contributed by atoms with van der Waals surface area (Å²) in [6, 6.07) is 27.6. The molecule has 0 heterocycles. The molecule has 44 heavy (non-hydrogen) atoms. The molecule has 1 N–H and O–H groups in total. The van der Waals surface area contributed by atoms with Gasteiger partial charge in [0.1, 0.15) is 18.3 Å². The first-order chi connectivity index (χ1) is 21.1. The molecule has 0 unspecified atom stereocenters. The summed E-state index contributed by atoms with van der Waals surface area (Å²) in [6.07, 6.45) is 0.208. The summed E-state index contributed by atoms with van der Waals surface area (Å²) >= 11 is 12.2. The SMILES string of the molecule is CCOc1ccccc1N(CC(=O)N(Cc1ccc(Cl)cc1)[C@@H](Cc1ccccc1)C(=O)NC)S(=O)(=O)c1ccc(Cl)cc1. The van der Waals surface area contributed by atoms with Crippen molar-refractivity contribution >= 4 is 50.7 Å². The van der Waals surface area contributed by atoms with E-state index in [1.54, 1.807) is 55.5 Å². The van der Waals surface area contributed by atoms with Crippen molar-refractivity contribution in [3.05, 3.63) is 124 Å². The Labute approximate surface area is 268 Å². The van der Waals surface area contributed by atoms with E-state index < -0.39 is 34.4 Å². The van der Waals surface area contributed by atoms with Crippen LogP contribution in [-0.2, 0) is 32.6 Å². The number of nitrogens with one attached hydrogen (secondary N) is 1. The van der Waals surface area contributed by atoms with Crippen LogP contribution >= 0.6 is 23.2 Å². The smallest absolute Gasteiger partial charge is 0.264 e. The number of rotatable bonds is 13. The van der Waals surface area contributed by atoms with Crippen LogP contribution in [0.3, 0.4) is 0 Å². The van der Waals surface area contributed by atoms with Crippen molar-refractivity contribution in [2.75, 3.05) is 24.5 Å². The van der Waals surface area contributed by atoms with Crippen molar-refractivity contribution in [3.8, 4) is 5.75 Å². The van der Waals surface area contributed by atoms with Gasteiger partial charge in [0.05, 0.1) is 17.2 Å². The standard InChI is InChI=1S/C33H33Cl2N3O5S/c1-3-43-31-12-8-7-11-29(31)38(44(41,42)28-19-17-27(35)18-20-28)23-32(39)37(22-25-13-15-26(34)16-14-25)30(33(40)36-2)21-24-9-5-4-6-10-24/h4-20,30H,3,21-23H2,1-2H3,(H,36,40)/t30-/m0/s1. The Balaban J connectivity index is 1.82. The third kappa shape index (κ3) is 8.11. The van der Waals surface area contributed by atoms with Gasteiger partial charge in [0.25, 0.3) is 10.0 Å². The fourth-order valence-electron chi connectivity index (χ4n) is 4.69. The molecule has 0 saturated carbocycles. The Morgan fingerprint density at radius 2 is 1.41 bits per heavy atom. The van der Waals surface area contributed by atoms with Crippen molar-refractivity contribution < 1.29 is 22.7 Å². The molecule has 8 nitrogen and oxygen atoms in total. The van der Waals surface area contributed by atoms with Crippen LogP contribution in [0.15, 0.2) is 108 Å². The molecular weight excluding hydrogens is 621 g/mol. The van der Waals surface area contributed by atoms with Crippen LogP contribution in [0.5, 0.6) is 5.75 Å². The third-order valence-electron chi connectivity index (χ3n) is 6.90. The maximum absolute atomic E-state index is 14.4. The molecule has 0 bridgehead atoms. The van der Waals surface area contributed by atoms with Crippen molar-refractivity contribution in [3.63, 3.8) is 0 Å². The summed E-state index contributed by atoms with van der Waals surface area (Å²) in [5.74, 6) is -0.692. The fraction of sp³-hybridized carbons (Fsp3) is 0.212. The lowest BCUT2D eigenvalue weighted by Gasteiger charge is -2.34. The highest BCUT2D eigenvalue weighted by Crippen LogP contribution is 2.33. The summed E-state index contributed by atoms with van der Waals surface area (Å²) in [6.45, 7) is 1.48. The zero-order valence-corrected chi connectivity index (χ0v) is 26.6.